The Balaban J connectivity index is 1.85. The Morgan fingerprint density at radius 3 is 2.58 bits per heavy atom. The van der Waals surface area contributed by atoms with E-state index in [1.54, 1.807) is 0 Å². The lowest BCUT2D eigenvalue weighted by atomic mass is 10.1. The lowest BCUT2D eigenvalue weighted by molar-refractivity contribution is -0.928. The molecule has 1 aliphatic rings. The molecular formula is C19H26N3O4+. The van der Waals surface area contributed by atoms with E-state index in [4.69, 9.17) is 9.47 Å². The van der Waals surface area contributed by atoms with Crippen LogP contribution in [0, 0.1) is 0 Å². The highest BCUT2D eigenvalue weighted by atomic mass is 16.5. The van der Waals surface area contributed by atoms with Gasteiger partial charge in [-0.3, -0.25) is 4.79 Å². The predicted octanol–water partition coefficient (Wildman–Crippen LogP) is 0.974. The molecule has 0 spiro atoms. The Labute approximate surface area is 152 Å². The predicted molar refractivity (Wildman–Crippen MR) is 98.4 cm³/mol. The summed E-state index contributed by atoms with van der Waals surface area (Å²) in [5.74, 6) is -0.638. The number of benzene rings is 1. The zero-order valence-corrected chi connectivity index (χ0v) is 15.6. The van der Waals surface area contributed by atoms with Crippen molar-refractivity contribution in [3.05, 3.63) is 30.0 Å². The molecule has 0 bridgehead atoms. The van der Waals surface area contributed by atoms with Crippen molar-refractivity contribution in [2.24, 2.45) is 0 Å². The molecule has 1 fully saturated rings. The highest BCUT2D eigenvalue weighted by molar-refractivity contribution is 6.11. The molecule has 140 valence electrons. The van der Waals surface area contributed by atoms with Crippen molar-refractivity contribution in [3.8, 4) is 0 Å². The number of aromatic amines is 1. The molecule has 26 heavy (non-hydrogen) atoms. The molecular weight excluding hydrogens is 334 g/mol. The Hall–Kier alpha value is -2.38. The van der Waals surface area contributed by atoms with E-state index >= 15 is 0 Å². The maximum atomic E-state index is 12.9. The first-order chi connectivity index (χ1) is 12.4. The van der Waals surface area contributed by atoms with Crippen LogP contribution < -0.4 is 10.2 Å². The van der Waals surface area contributed by atoms with Crippen LogP contribution in [0.25, 0.3) is 10.9 Å². The third kappa shape index (κ3) is 3.59. The lowest BCUT2D eigenvalue weighted by Gasteiger charge is -2.35. The fraction of sp³-hybridized carbons (Fsp3) is 0.474. The molecule has 1 amide bonds. The van der Waals surface area contributed by atoms with Gasteiger partial charge in [0, 0.05) is 10.9 Å². The van der Waals surface area contributed by atoms with Crippen LogP contribution in [0.5, 0.6) is 0 Å². The molecule has 0 radical (unpaired) electrons. The number of fused-ring (bicyclic) bond motifs is 1. The van der Waals surface area contributed by atoms with Gasteiger partial charge < -0.3 is 24.7 Å². The fourth-order valence-corrected chi connectivity index (χ4v) is 3.61. The van der Waals surface area contributed by atoms with Gasteiger partial charge in [-0.05, 0) is 26.8 Å². The zero-order chi connectivity index (χ0) is 18.8. The van der Waals surface area contributed by atoms with E-state index in [1.165, 1.54) is 12.0 Å². The van der Waals surface area contributed by atoms with Crippen LogP contribution in [0.15, 0.2) is 24.3 Å². The normalized spacial score (nSPS) is 24.2. The highest BCUT2D eigenvalue weighted by Crippen LogP contribution is 2.28. The molecule has 7 nitrogen and oxygen atoms in total. The van der Waals surface area contributed by atoms with E-state index in [0.29, 0.717) is 5.69 Å². The summed E-state index contributed by atoms with van der Waals surface area (Å²) in [5.41, 5.74) is 1.50. The van der Waals surface area contributed by atoms with Crippen molar-refractivity contribution in [3.63, 3.8) is 0 Å². The molecule has 3 rings (SSSR count). The average Bonchev–Trinajstić information content (AvgIpc) is 2.98. The molecule has 7 heteroatoms. The van der Waals surface area contributed by atoms with Gasteiger partial charge in [0.2, 0.25) is 0 Å². The molecule has 2 aromatic rings. The molecule has 1 aromatic carbocycles. The number of H-pyrrole nitrogens is 1. The minimum Gasteiger partial charge on any atom is -0.464 e. The first-order valence-electron chi connectivity index (χ1n) is 8.90. The van der Waals surface area contributed by atoms with E-state index in [9.17, 15) is 9.59 Å². The van der Waals surface area contributed by atoms with E-state index < -0.39 is 5.97 Å². The minimum atomic E-state index is -0.509. The number of hydrogen-bond acceptors (Lipinski definition) is 4. The number of amides is 1. The van der Waals surface area contributed by atoms with Crippen molar-refractivity contribution in [1.29, 1.82) is 0 Å². The van der Waals surface area contributed by atoms with Gasteiger partial charge in [-0.1, -0.05) is 18.2 Å². The second-order valence-corrected chi connectivity index (χ2v) is 6.95. The van der Waals surface area contributed by atoms with Crippen molar-refractivity contribution in [2.45, 2.75) is 39.0 Å². The quantitative estimate of drug-likeness (QED) is 0.710. The first kappa shape index (κ1) is 18.4. The number of hydrogen-bond donors (Lipinski definition) is 3. The van der Waals surface area contributed by atoms with Crippen molar-refractivity contribution in [1.82, 2.24) is 4.98 Å². The molecule has 0 aliphatic carbocycles. The molecule has 1 saturated heterocycles. The van der Waals surface area contributed by atoms with Gasteiger partial charge in [-0.25, -0.2) is 4.79 Å². The van der Waals surface area contributed by atoms with E-state index in [1.807, 2.05) is 45.0 Å². The van der Waals surface area contributed by atoms with Gasteiger partial charge in [-0.15, -0.1) is 0 Å². The van der Waals surface area contributed by atoms with Gasteiger partial charge in [0.1, 0.15) is 31.0 Å². The number of quaternary nitrogens is 1. The van der Waals surface area contributed by atoms with E-state index in [-0.39, 0.29) is 29.9 Å². The monoisotopic (exact) mass is 360 g/mol. The standard InChI is InChI=1S/C19H25N3O4/c1-11-9-22(10-12(2)26-11)13(3)18(23)21-16-14-7-5-6-8-15(14)20-17(16)19(24)25-4/h5-8,11-13,20H,9-10H2,1-4H3,(H,21,23)/p+1/t11-,12-,13-/m0/s1. The van der Waals surface area contributed by atoms with Crippen molar-refractivity contribution in [2.75, 3.05) is 25.5 Å². The third-order valence-electron chi connectivity index (χ3n) is 4.91. The van der Waals surface area contributed by atoms with Gasteiger partial charge in [-0.2, -0.15) is 0 Å². The topological polar surface area (TPSA) is 84.9 Å². The van der Waals surface area contributed by atoms with E-state index in [0.717, 1.165) is 24.0 Å². The summed E-state index contributed by atoms with van der Waals surface area (Å²) >= 11 is 0. The number of esters is 1. The van der Waals surface area contributed by atoms with Crippen molar-refractivity contribution < 1.29 is 24.0 Å². The van der Waals surface area contributed by atoms with Crippen LogP contribution in [0.1, 0.15) is 31.3 Å². The van der Waals surface area contributed by atoms with Gasteiger partial charge in [0.25, 0.3) is 5.91 Å². The zero-order valence-electron chi connectivity index (χ0n) is 15.6. The van der Waals surface area contributed by atoms with Crippen LogP contribution in [-0.2, 0) is 14.3 Å². The SMILES string of the molecule is COC(=O)c1[nH]c2ccccc2c1NC(=O)[C@H](C)[NH+]1C[C@H](C)O[C@@H](C)C1. The second-order valence-electron chi connectivity index (χ2n) is 6.95. The second kappa shape index (κ2) is 7.47. The van der Waals surface area contributed by atoms with E-state index in [2.05, 4.69) is 10.3 Å². The summed E-state index contributed by atoms with van der Waals surface area (Å²) in [7, 11) is 1.32. The molecule has 0 saturated carbocycles. The summed E-state index contributed by atoms with van der Waals surface area (Å²) in [6.45, 7) is 7.50. The van der Waals surface area contributed by atoms with Crippen LogP contribution in [0.4, 0.5) is 5.69 Å². The van der Waals surface area contributed by atoms with Crippen LogP contribution in [0.2, 0.25) is 0 Å². The number of rotatable bonds is 4. The summed E-state index contributed by atoms with van der Waals surface area (Å²) in [6.07, 6.45) is 0.227. The number of carbonyl (C=O) groups excluding carboxylic acids is 2. The number of nitrogens with one attached hydrogen (secondary N) is 3. The largest absolute Gasteiger partial charge is 0.464 e. The molecule has 2 heterocycles. The highest BCUT2D eigenvalue weighted by Gasteiger charge is 2.33. The molecule has 3 N–H and O–H groups in total. The third-order valence-corrected chi connectivity index (χ3v) is 4.91. The Kier molecular flexibility index (Phi) is 5.29. The molecule has 0 unspecified atom stereocenters. The van der Waals surface area contributed by atoms with Crippen LogP contribution >= 0.6 is 0 Å². The number of carbonyl (C=O) groups is 2. The molecule has 1 aromatic heterocycles. The first-order valence-corrected chi connectivity index (χ1v) is 8.90. The number of anilines is 1. The Bertz CT molecular complexity index is 806. The average molecular weight is 360 g/mol. The maximum Gasteiger partial charge on any atom is 0.356 e. The van der Waals surface area contributed by atoms with Crippen LogP contribution in [0.3, 0.4) is 0 Å². The summed E-state index contributed by atoms with van der Waals surface area (Å²) < 4.78 is 10.6. The number of ether oxygens (including phenoxy) is 2. The Morgan fingerprint density at radius 1 is 1.27 bits per heavy atom. The van der Waals surface area contributed by atoms with Gasteiger partial charge >= 0.3 is 5.97 Å². The number of morpholine rings is 1. The van der Waals surface area contributed by atoms with Gasteiger partial charge in [0.05, 0.1) is 12.8 Å². The summed E-state index contributed by atoms with van der Waals surface area (Å²) in [6, 6.07) is 7.20. The van der Waals surface area contributed by atoms with Crippen LogP contribution in [-0.4, -0.2) is 55.3 Å². The minimum absolute atomic E-state index is 0.114. The summed E-state index contributed by atoms with van der Waals surface area (Å²) in [4.78, 5) is 29.2. The Morgan fingerprint density at radius 2 is 1.92 bits per heavy atom. The number of para-hydroxylation sites is 1. The summed E-state index contributed by atoms with van der Waals surface area (Å²) in [5, 5.41) is 3.73. The fourth-order valence-electron chi connectivity index (χ4n) is 3.61. The smallest absolute Gasteiger partial charge is 0.356 e. The number of methoxy groups -OCH3 is 1. The van der Waals surface area contributed by atoms with Crippen molar-refractivity contribution >= 4 is 28.5 Å². The number of aromatic nitrogens is 1. The molecule has 1 aliphatic heterocycles. The molecule has 3 atom stereocenters. The van der Waals surface area contributed by atoms with Gasteiger partial charge in [0.15, 0.2) is 6.04 Å². The maximum absolute atomic E-state index is 12.9. The lowest BCUT2D eigenvalue weighted by Crippen LogP contribution is -3.19.